The van der Waals surface area contributed by atoms with E-state index >= 15 is 0 Å². The van der Waals surface area contributed by atoms with Crippen molar-refractivity contribution in [1.82, 2.24) is 15.1 Å². The minimum absolute atomic E-state index is 0.0971. The second kappa shape index (κ2) is 6.15. The van der Waals surface area contributed by atoms with Gasteiger partial charge in [-0.25, -0.2) is 0 Å². The molecule has 0 radical (unpaired) electrons. The second-order valence-electron chi connectivity index (χ2n) is 5.05. The van der Waals surface area contributed by atoms with Crippen LogP contribution in [0.4, 0.5) is 0 Å². The Morgan fingerprint density at radius 1 is 1.63 bits per heavy atom. The number of nitrogens with one attached hydrogen (secondary N) is 1. The summed E-state index contributed by atoms with van der Waals surface area (Å²) < 4.78 is 7.98. The van der Waals surface area contributed by atoms with Gasteiger partial charge in [-0.15, -0.1) is 0 Å². The maximum absolute atomic E-state index is 12.7. The summed E-state index contributed by atoms with van der Waals surface area (Å²) in [4.78, 5) is 12.7. The van der Waals surface area contributed by atoms with Crippen molar-refractivity contribution in [2.24, 2.45) is 5.92 Å². The topological polar surface area (TPSA) is 56.1 Å². The van der Waals surface area contributed by atoms with E-state index < -0.39 is 0 Å². The Kier molecular flexibility index (Phi) is 4.76. The van der Waals surface area contributed by atoms with E-state index in [1.165, 1.54) is 0 Å². The molecule has 0 amide bonds. The van der Waals surface area contributed by atoms with Gasteiger partial charge in [-0.05, 0) is 36.3 Å². The third-order valence-corrected chi connectivity index (χ3v) is 3.94. The van der Waals surface area contributed by atoms with Crippen LogP contribution in [0, 0.1) is 5.92 Å². The Morgan fingerprint density at radius 3 is 3.00 bits per heavy atom. The van der Waals surface area contributed by atoms with Gasteiger partial charge in [0, 0.05) is 12.1 Å². The van der Waals surface area contributed by atoms with Gasteiger partial charge in [-0.2, -0.15) is 5.10 Å². The molecule has 0 aliphatic carbocycles. The lowest BCUT2D eigenvalue weighted by molar-refractivity contribution is 0.0878. The average Bonchev–Trinajstić information content (AvgIpc) is 2.95. The minimum Gasteiger partial charge on any atom is -0.379 e. The lowest BCUT2D eigenvalue weighted by Gasteiger charge is -2.19. The summed E-state index contributed by atoms with van der Waals surface area (Å²) in [6, 6.07) is 0.255. The summed E-state index contributed by atoms with van der Waals surface area (Å²) in [5.74, 6) is -0.0352. The van der Waals surface area contributed by atoms with Crippen molar-refractivity contribution in [3.63, 3.8) is 0 Å². The molecule has 2 atom stereocenters. The van der Waals surface area contributed by atoms with Crippen molar-refractivity contribution < 1.29 is 9.53 Å². The SMILES string of the molecule is CCNC1COCC1C(=O)c1c(Br)cnn1C(C)C. The lowest BCUT2D eigenvalue weighted by atomic mass is 9.96. The van der Waals surface area contributed by atoms with Gasteiger partial charge in [0.1, 0.15) is 5.69 Å². The molecule has 2 rings (SSSR count). The van der Waals surface area contributed by atoms with E-state index in [2.05, 4.69) is 26.3 Å². The highest BCUT2D eigenvalue weighted by Crippen LogP contribution is 2.26. The summed E-state index contributed by atoms with van der Waals surface area (Å²) in [7, 11) is 0. The molecule has 6 heteroatoms. The van der Waals surface area contributed by atoms with E-state index in [1.54, 1.807) is 10.9 Å². The fourth-order valence-electron chi connectivity index (χ4n) is 2.42. The Bertz CT molecular complexity index is 459. The van der Waals surface area contributed by atoms with E-state index in [-0.39, 0.29) is 23.8 Å². The first-order valence-corrected chi connectivity index (χ1v) is 7.43. The maximum atomic E-state index is 12.7. The summed E-state index contributed by atoms with van der Waals surface area (Å²) >= 11 is 3.43. The molecule has 2 unspecified atom stereocenters. The Balaban J connectivity index is 2.26. The van der Waals surface area contributed by atoms with Gasteiger partial charge in [0.2, 0.25) is 0 Å². The van der Waals surface area contributed by atoms with Crippen LogP contribution in [-0.2, 0) is 4.74 Å². The van der Waals surface area contributed by atoms with Gasteiger partial charge in [0.05, 0.1) is 29.8 Å². The molecule has 1 saturated heterocycles. The highest BCUT2D eigenvalue weighted by molar-refractivity contribution is 9.10. The van der Waals surface area contributed by atoms with Crippen LogP contribution in [0.25, 0.3) is 0 Å². The van der Waals surface area contributed by atoms with Crippen LogP contribution in [0.15, 0.2) is 10.7 Å². The molecule has 1 aromatic heterocycles. The molecule has 0 bridgehead atoms. The fourth-order valence-corrected chi connectivity index (χ4v) is 2.88. The van der Waals surface area contributed by atoms with E-state index in [0.29, 0.717) is 18.9 Å². The van der Waals surface area contributed by atoms with Gasteiger partial charge < -0.3 is 10.1 Å². The van der Waals surface area contributed by atoms with Crippen molar-refractivity contribution in [3.8, 4) is 0 Å². The molecular weight excluding hydrogens is 310 g/mol. The quantitative estimate of drug-likeness (QED) is 0.840. The first-order chi connectivity index (χ1) is 9.06. The number of carbonyl (C=O) groups is 1. The summed E-state index contributed by atoms with van der Waals surface area (Å²) in [6.45, 7) is 7.98. The Labute approximate surface area is 121 Å². The van der Waals surface area contributed by atoms with Gasteiger partial charge in [0.25, 0.3) is 0 Å². The summed E-state index contributed by atoms with van der Waals surface area (Å²) in [5.41, 5.74) is 0.647. The number of ether oxygens (including phenoxy) is 1. The number of rotatable bonds is 5. The second-order valence-corrected chi connectivity index (χ2v) is 5.91. The first-order valence-electron chi connectivity index (χ1n) is 6.64. The molecule has 0 saturated carbocycles. The normalized spacial score (nSPS) is 23.2. The zero-order chi connectivity index (χ0) is 14.0. The fraction of sp³-hybridized carbons (Fsp3) is 0.692. The zero-order valence-electron chi connectivity index (χ0n) is 11.5. The number of halogens is 1. The van der Waals surface area contributed by atoms with Crippen LogP contribution in [0.3, 0.4) is 0 Å². The molecule has 1 N–H and O–H groups in total. The standard InChI is InChI=1S/C13H20BrN3O2/c1-4-15-11-7-19-6-9(11)13(18)12-10(14)5-16-17(12)8(2)3/h5,8-9,11,15H,4,6-7H2,1-3H3. The van der Waals surface area contributed by atoms with Crippen molar-refractivity contribution in [2.75, 3.05) is 19.8 Å². The predicted molar refractivity (Wildman–Crippen MR) is 76.4 cm³/mol. The average molecular weight is 330 g/mol. The van der Waals surface area contributed by atoms with Crippen molar-refractivity contribution in [3.05, 3.63) is 16.4 Å². The van der Waals surface area contributed by atoms with E-state index in [1.807, 2.05) is 20.8 Å². The smallest absolute Gasteiger partial charge is 0.189 e. The van der Waals surface area contributed by atoms with Gasteiger partial charge >= 0.3 is 0 Å². The highest BCUT2D eigenvalue weighted by Gasteiger charge is 2.36. The van der Waals surface area contributed by atoms with Crippen molar-refractivity contribution in [1.29, 1.82) is 0 Å². The molecule has 1 fully saturated rings. The van der Waals surface area contributed by atoms with Crippen LogP contribution in [0.5, 0.6) is 0 Å². The molecule has 106 valence electrons. The highest BCUT2D eigenvalue weighted by atomic mass is 79.9. The molecular formula is C13H20BrN3O2. The predicted octanol–water partition coefficient (Wildman–Crippen LogP) is 2.03. The number of aromatic nitrogens is 2. The van der Waals surface area contributed by atoms with Gasteiger partial charge in [-0.1, -0.05) is 6.92 Å². The van der Waals surface area contributed by atoms with Crippen molar-refractivity contribution >= 4 is 21.7 Å². The Morgan fingerprint density at radius 2 is 2.37 bits per heavy atom. The zero-order valence-corrected chi connectivity index (χ0v) is 13.1. The monoisotopic (exact) mass is 329 g/mol. The first kappa shape index (κ1) is 14.7. The Hall–Kier alpha value is -0.720. The number of ketones is 1. The van der Waals surface area contributed by atoms with E-state index in [4.69, 9.17) is 4.74 Å². The number of carbonyl (C=O) groups excluding carboxylic acids is 1. The van der Waals surface area contributed by atoms with Crippen LogP contribution >= 0.6 is 15.9 Å². The van der Waals surface area contributed by atoms with Crippen LogP contribution in [-0.4, -0.2) is 41.4 Å². The number of hydrogen-bond donors (Lipinski definition) is 1. The summed E-state index contributed by atoms with van der Waals surface area (Å²) in [6.07, 6.45) is 1.69. The number of hydrogen-bond acceptors (Lipinski definition) is 4. The lowest BCUT2D eigenvalue weighted by Crippen LogP contribution is -2.39. The molecule has 2 heterocycles. The number of likely N-dealkylation sites (N-methyl/N-ethyl adjacent to an activating group) is 1. The molecule has 19 heavy (non-hydrogen) atoms. The number of nitrogens with zero attached hydrogens (tertiary/aromatic N) is 2. The van der Waals surface area contributed by atoms with Gasteiger partial charge in [0.15, 0.2) is 5.78 Å². The third-order valence-electron chi connectivity index (χ3n) is 3.36. The largest absolute Gasteiger partial charge is 0.379 e. The molecule has 0 aromatic carbocycles. The van der Waals surface area contributed by atoms with Crippen LogP contribution in [0.1, 0.15) is 37.3 Å². The summed E-state index contributed by atoms with van der Waals surface area (Å²) in [5, 5.41) is 7.58. The van der Waals surface area contributed by atoms with E-state index in [9.17, 15) is 4.79 Å². The molecule has 1 aliphatic heterocycles. The molecule has 5 nitrogen and oxygen atoms in total. The number of Topliss-reactive ketones (excluding diaryl/α,β-unsaturated/α-hetero) is 1. The molecule has 1 aliphatic rings. The molecule has 0 spiro atoms. The van der Waals surface area contributed by atoms with Crippen LogP contribution < -0.4 is 5.32 Å². The molecule has 1 aromatic rings. The van der Waals surface area contributed by atoms with Crippen molar-refractivity contribution in [2.45, 2.75) is 32.9 Å². The minimum atomic E-state index is -0.134. The maximum Gasteiger partial charge on any atom is 0.189 e. The van der Waals surface area contributed by atoms with Crippen LogP contribution in [0.2, 0.25) is 0 Å². The third kappa shape index (κ3) is 2.90. The van der Waals surface area contributed by atoms with E-state index in [0.717, 1.165) is 11.0 Å². The van der Waals surface area contributed by atoms with Gasteiger partial charge in [-0.3, -0.25) is 9.48 Å².